The van der Waals surface area contributed by atoms with Gasteiger partial charge in [0, 0.05) is 16.9 Å². The van der Waals surface area contributed by atoms with Crippen molar-refractivity contribution in [1.82, 2.24) is 10.3 Å². The fourth-order valence-corrected chi connectivity index (χ4v) is 4.45. The Labute approximate surface area is 172 Å². The maximum absolute atomic E-state index is 12.4. The van der Waals surface area contributed by atoms with Crippen molar-refractivity contribution in [3.63, 3.8) is 0 Å². The van der Waals surface area contributed by atoms with Gasteiger partial charge in [0.2, 0.25) is 0 Å². The second-order valence-electron chi connectivity index (χ2n) is 6.09. The van der Waals surface area contributed by atoms with Gasteiger partial charge in [0.1, 0.15) is 5.69 Å². The van der Waals surface area contributed by atoms with Gasteiger partial charge in [-0.3, -0.25) is 9.52 Å². The van der Waals surface area contributed by atoms with Crippen molar-refractivity contribution in [2.75, 3.05) is 11.3 Å². The molecule has 0 unspecified atom stereocenters. The van der Waals surface area contributed by atoms with E-state index in [1.807, 2.05) is 19.1 Å². The molecule has 0 aliphatic carbocycles. The monoisotopic (exact) mass is 435 g/mol. The summed E-state index contributed by atoms with van der Waals surface area (Å²) in [6.45, 7) is 2.31. The number of anilines is 1. The molecule has 0 atom stereocenters. The van der Waals surface area contributed by atoms with Gasteiger partial charge in [0.15, 0.2) is 5.13 Å². The smallest absolute Gasteiger partial charge is 0.270 e. The van der Waals surface area contributed by atoms with Crippen LogP contribution in [-0.2, 0) is 16.4 Å². The van der Waals surface area contributed by atoms with Gasteiger partial charge in [-0.05, 0) is 43.2 Å². The molecule has 28 heavy (non-hydrogen) atoms. The number of sulfonamides is 1. The highest BCUT2D eigenvalue weighted by Gasteiger charge is 2.17. The number of rotatable bonds is 7. The largest absolute Gasteiger partial charge is 0.350 e. The molecule has 0 spiro atoms. The number of halogens is 1. The number of thiazole rings is 1. The number of nitrogens with zero attached hydrogens (tertiary/aromatic N) is 1. The fourth-order valence-electron chi connectivity index (χ4n) is 2.38. The van der Waals surface area contributed by atoms with Crippen molar-refractivity contribution in [3.05, 3.63) is 75.8 Å². The molecule has 3 rings (SSSR count). The van der Waals surface area contributed by atoms with Gasteiger partial charge < -0.3 is 5.32 Å². The van der Waals surface area contributed by atoms with Crippen LogP contribution in [0.1, 0.15) is 21.6 Å². The molecule has 146 valence electrons. The highest BCUT2D eigenvalue weighted by atomic mass is 35.5. The van der Waals surface area contributed by atoms with Crippen molar-refractivity contribution < 1.29 is 13.2 Å². The van der Waals surface area contributed by atoms with E-state index in [0.717, 1.165) is 22.5 Å². The van der Waals surface area contributed by atoms with Gasteiger partial charge in [-0.2, -0.15) is 0 Å². The van der Waals surface area contributed by atoms with Crippen LogP contribution < -0.4 is 10.0 Å². The molecule has 9 heteroatoms. The minimum Gasteiger partial charge on any atom is -0.350 e. The third-order valence-corrected chi connectivity index (χ3v) is 6.40. The highest BCUT2D eigenvalue weighted by molar-refractivity contribution is 7.93. The van der Waals surface area contributed by atoms with E-state index in [0.29, 0.717) is 18.0 Å². The summed E-state index contributed by atoms with van der Waals surface area (Å²) in [7, 11) is -3.74. The molecule has 1 amide bonds. The number of carbonyl (C=O) groups excluding carboxylic acids is 1. The summed E-state index contributed by atoms with van der Waals surface area (Å²) in [6, 6.07) is 13.9. The lowest BCUT2D eigenvalue weighted by Crippen LogP contribution is -2.26. The van der Waals surface area contributed by atoms with Crippen molar-refractivity contribution in [3.8, 4) is 0 Å². The Morgan fingerprint density at radius 2 is 1.79 bits per heavy atom. The molecule has 1 heterocycles. The Morgan fingerprint density at radius 3 is 2.46 bits per heavy atom. The van der Waals surface area contributed by atoms with Gasteiger partial charge in [0.25, 0.3) is 15.9 Å². The number of aryl methyl sites for hydroxylation is 1. The lowest BCUT2D eigenvalue weighted by molar-refractivity contribution is 0.0950. The van der Waals surface area contributed by atoms with E-state index in [1.54, 1.807) is 24.3 Å². The van der Waals surface area contributed by atoms with Crippen LogP contribution in [0.25, 0.3) is 0 Å². The molecule has 0 bridgehead atoms. The first kappa shape index (κ1) is 20.3. The fraction of sp³-hybridized carbons (Fsp3) is 0.158. The number of aromatic nitrogens is 1. The van der Waals surface area contributed by atoms with Crippen LogP contribution in [0.2, 0.25) is 5.02 Å². The third-order valence-electron chi connectivity index (χ3n) is 3.90. The Balaban J connectivity index is 1.57. The van der Waals surface area contributed by atoms with Crippen LogP contribution in [0.4, 0.5) is 5.13 Å². The van der Waals surface area contributed by atoms with E-state index >= 15 is 0 Å². The van der Waals surface area contributed by atoms with Gasteiger partial charge in [-0.15, -0.1) is 11.3 Å². The van der Waals surface area contributed by atoms with Gasteiger partial charge in [-0.25, -0.2) is 13.4 Å². The molecule has 0 saturated heterocycles. The lowest BCUT2D eigenvalue weighted by Gasteiger charge is -2.05. The number of amides is 1. The van der Waals surface area contributed by atoms with Crippen LogP contribution >= 0.6 is 22.9 Å². The predicted molar refractivity (Wildman–Crippen MR) is 112 cm³/mol. The molecule has 2 aromatic carbocycles. The average Bonchev–Trinajstić information content (AvgIpc) is 3.11. The molecular formula is C19H18ClN3O3S2. The van der Waals surface area contributed by atoms with Crippen LogP contribution in [0, 0.1) is 6.92 Å². The number of carbonyl (C=O) groups is 1. The summed E-state index contributed by atoms with van der Waals surface area (Å²) >= 11 is 6.90. The Hall–Kier alpha value is -2.42. The van der Waals surface area contributed by atoms with E-state index in [9.17, 15) is 13.2 Å². The molecule has 6 nitrogen and oxygen atoms in total. The molecule has 0 saturated carbocycles. The Bertz CT molecular complexity index is 1060. The zero-order chi connectivity index (χ0) is 20.1. The average molecular weight is 436 g/mol. The van der Waals surface area contributed by atoms with E-state index in [-0.39, 0.29) is 21.6 Å². The van der Waals surface area contributed by atoms with Crippen molar-refractivity contribution in [2.24, 2.45) is 0 Å². The second-order valence-corrected chi connectivity index (χ2v) is 9.07. The summed E-state index contributed by atoms with van der Waals surface area (Å²) in [5, 5.41) is 5.09. The first-order valence-corrected chi connectivity index (χ1v) is 11.2. The molecular weight excluding hydrogens is 418 g/mol. The van der Waals surface area contributed by atoms with E-state index < -0.39 is 10.0 Å². The van der Waals surface area contributed by atoms with Crippen LogP contribution in [-0.4, -0.2) is 25.9 Å². The normalized spacial score (nSPS) is 11.2. The summed E-state index contributed by atoms with van der Waals surface area (Å²) < 4.78 is 27.2. The third kappa shape index (κ3) is 5.31. The molecule has 0 fully saturated rings. The van der Waals surface area contributed by atoms with E-state index in [2.05, 4.69) is 15.0 Å². The number of benzene rings is 2. The van der Waals surface area contributed by atoms with Crippen molar-refractivity contribution in [1.29, 1.82) is 0 Å². The Morgan fingerprint density at radius 1 is 1.11 bits per heavy atom. The minimum absolute atomic E-state index is 0.141. The highest BCUT2D eigenvalue weighted by Crippen LogP contribution is 2.20. The molecule has 2 N–H and O–H groups in total. The zero-order valence-corrected chi connectivity index (χ0v) is 17.4. The lowest BCUT2D eigenvalue weighted by atomic mass is 10.1. The van der Waals surface area contributed by atoms with E-state index in [4.69, 9.17) is 11.6 Å². The van der Waals surface area contributed by atoms with Crippen molar-refractivity contribution in [2.45, 2.75) is 18.2 Å². The standard InChI is InChI=1S/C19H18ClN3O3S2/c1-13-2-8-16(9-3-13)28(25,26)23-19-22-17(12-27-19)18(24)21-11-10-14-4-6-15(20)7-5-14/h2-9,12H,10-11H2,1H3,(H,21,24)(H,22,23). The predicted octanol–water partition coefficient (Wildman–Crippen LogP) is 3.88. The van der Waals surface area contributed by atoms with Gasteiger partial charge in [-0.1, -0.05) is 41.4 Å². The van der Waals surface area contributed by atoms with Crippen molar-refractivity contribution >= 4 is 44.0 Å². The van der Waals surface area contributed by atoms with Crippen LogP contribution in [0.15, 0.2) is 58.8 Å². The van der Waals surface area contributed by atoms with Crippen LogP contribution in [0.5, 0.6) is 0 Å². The summed E-state index contributed by atoms with van der Waals surface area (Å²) in [4.78, 5) is 16.4. The summed E-state index contributed by atoms with van der Waals surface area (Å²) in [5.74, 6) is -0.356. The topological polar surface area (TPSA) is 88.2 Å². The zero-order valence-electron chi connectivity index (χ0n) is 15.0. The second kappa shape index (κ2) is 8.72. The minimum atomic E-state index is -3.74. The maximum Gasteiger partial charge on any atom is 0.270 e. The number of nitrogens with one attached hydrogen (secondary N) is 2. The first-order chi connectivity index (χ1) is 13.3. The molecule has 0 radical (unpaired) electrons. The number of hydrogen-bond donors (Lipinski definition) is 2. The SMILES string of the molecule is Cc1ccc(S(=O)(=O)Nc2nc(C(=O)NCCc3ccc(Cl)cc3)cs2)cc1. The van der Waals surface area contributed by atoms with E-state index in [1.165, 1.54) is 17.5 Å². The molecule has 1 aromatic heterocycles. The molecule has 3 aromatic rings. The number of hydrogen-bond acceptors (Lipinski definition) is 5. The Kier molecular flexibility index (Phi) is 6.33. The molecule has 0 aliphatic rings. The first-order valence-electron chi connectivity index (χ1n) is 8.41. The quantitative estimate of drug-likeness (QED) is 0.589. The van der Waals surface area contributed by atoms with Gasteiger partial charge >= 0.3 is 0 Å². The maximum atomic E-state index is 12.4. The summed E-state index contributed by atoms with van der Waals surface area (Å²) in [6.07, 6.45) is 0.653. The molecule has 0 aliphatic heterocycles. The van der Waals surface area contributed by atoms with Crippen LogP contribution in [0.3, 0.4) is 0 Å². The van der Waals surface area contributed by atoms with Gasteiger partial charge in [0.05, 0.1) is 4.90 Å². The summed E-state index contributed by atoms with van der Waals surface area (Å²) in [5.41, 5.74) is 2.18.